The van der Waals surface area contributed by atoms with Crippen LogP contribution in [0.2, 0.25) is 0 Å². The van der Waals surface area contributed by atoms with Crippen LogP contribution in [0.25, 0.3) is 11.1 Å². The van der Waals surface area contributed by atoms with E-state index in [4.69, 9.17) is 15.6 Å². The third-order valence-electron chi connectivity index (χ3n) is 8.58. The Morgan fingerprint density at radius 1 is 0.907 bits per heavy atom. The molecule has 0 spiro atoms. The third kappa shape index (κ3) is 14.4. The third-order valence-corrected chi connectivity index (χ3v) is 8.58. The van der Waals surface area contributed by atoms with Crippen LogP contribution in [0.1, 0.15) is 62.4 Å². The standard InChI is InChI=1S/C37H43F3N4O7.CH2O2/c1-21(2)28(19-31(46)25-10-8-24(9-11-25)26-5-4-16-42-20-26)36(51)44-30(18-23-6-12-27(45)13-7-23)32(47)17-22(3)35(50)43-29(14-15-33(41)48)34(49)37(38,39)40;2-1-3/h4-13,16,20-22,28-30,34,45,49H,14-15,17-19H2,1-3H3,(H2,41,48)(H,43,50)(H,44,51);1H,(H,2,3)/t22-,28+,29?,30+,34?;/m1./s1. The monoisotopic (exact) mass is 758 g/mol. The van der Waals surface area contributed by atoms with Gasteiger partial charge in [-0.25, -0.2) is 4.98 Å². The number of benzene rings is 2. The number of ketones is 2. The highest BCUT2D eigenvalue weighted by Gasteiger charge is 2.44. The molecule has 0 aliphatic heterocycles. The quantitative estimate of drug-likeness (QED) is 0.0943. The zero-order valence-corrected chi connectivity index (χ0v) is 30.0. The maximum Gasteiger partial charge on any atom is 0.416 e. The molecule has 0 aliphatic rings. The second-order valence-electron chi connectivity index (χ2n) is 13.1. The van der Waals surface area contributed by atoms with Crippen molar-refractivity contribution < 1.29 is 62.2 Å². The van der Waals surface area contributed by atoms with Crippen LogP contribution in [0.5, 0.6) is 5.75 Å². The van der Waals surface area contributed by atoms with Gasteiger partial charge >= 0.3 is 6.18 Å². The molecule has 5 atom stereocenters. The van der Waals surface area contributed by atoms with E-state index in [-0.39, 0.29) is 30.3 Å². The number of hydrogen-bond acceptors (Lipinski definition) is 9. The lowest BCUT2D eigenvalue weighted by Gasteiger charge is -2.27. The van der Waals surface area contributed by atoms with E-state index < -0.39 is 85.4 Å². The number of phenols is 1. The lowest BCUT2D eigenvalue weighted by molar-refractivity contribution is -0.377. The Bertz CT molecular complexity index is 1700. The van der Waals surface area contributed by atoms with Gasteiger partial charge in [-0.2, -0.15) is 13.2 Å². The lowest BCUT2D eigenvalue weighted by Crippen LogP contribution is -2.52. The first-order chi connectivity index (χ1) is 25.4. The molecule has 7 N–H and O–H groups in total. The molecule has 1 aromatic heterocycles. The number of aromatic hydroxyl groups is 1. The first kappa shape index (κ1) is 44.5. The first-order valence-electron chi connectivity index (χ1n) is 17.0. The average Bonchev–Trinajstić information content (AvgIpc) is 3.12. The number of aliphatic hydroxyl groups is 1. The maximum absolute atomic E-state index is 13.7. The molecule has 0 saturated heterocycles. The molecule has 13 nitrogen and oxygen atoms in total. The molecule has 16 heteroatoms. The summed E-state index contributed by atoms with van der Waals surface area (Å²) < 4.78 is 39.8. The minimum absolute atomic E-state index is 0.0311. The van der Waals surface area contributed by atoms with Crippen molar-refractivity contribution in [2.24, 2.45) is 23.5 Å². The summed E-state index contributed by atoms with van der Waals surface area (Å²) in [7, 11) is 0. The van der Waals surface area contributed by atoms with Gasteiger partial charge in [-0.1, -0.05) is 57.2 Å². The number of phenolic OH excluding ortho intramolecular Hbond substituents is 1. The Morgan fingerprint density at radius 2 is 1.52 bits per heavy atom. The van der Waals surface area contributed by atoms with Crippen LogP contribution in [0, 0.1) is 17.8 Å². The fourth-order valence-electron chi connectivity index (χ4n) is 5.46. The summed E-state index contributed by atoms with van der Waals surface area (Å²) in [6.07, 6.45) is -6.33. The summed E-state index contributed by atoms with van der Waals surface area (Å²) in [5, 5.41) is 32.6. The van der Waals surface area contributed by atoms with Crippen molar-refractivity contribution in [3.8, 4) is 16.9 Å². The number of pyridine rings is 1. The van der Waals surface area contributed by atoms with Gasteiger partial charge in [0, 0.05) is 54.8 Å². The van der Waals surface area contributed by atoms with Gasteiger partial charge in [0.1, 0.15) is 5.75 Å². The van der Waals surface area contributed by atoms with Crippen molar-refractivity contribution in [3.05, 3.63) is 84.2 Å². The molecule has 2 aromatic carbocycles. The van der Waals surface area contributed by atoms with E-state index in [1.54, 1.807) is 56.4 Å². The van der Waals surface area contributed by atoms with Gasteiger partial charge in [-0.05, 0) is 48.1 Å². The number of rotatable bonds is 18. The van der Waals surface area contributed by atoms with Gasteiger partial charge in [0.2, 0.25) is 17.7 Å². The van der Waals surface area contributed by atoms with E-state index in [1.165, 1.54) is 19.1 Å². The molecule has 0 radical (unpaired) electrons. The summed E-state index contributed by atoms with van der Waals surface area (Å²) in [6, 6.07) is 13.5. The van der Waals surface area contributed by atoms with Crippen LogP contribution in [0.4, 0.5) is 13.2 Å². The van der Waals surface area contributed by atoms with Gasteiger partial charge in [-0.15, -0.1) is 0 Å². The fourth-order valence-corrected chi connectivity index (χ4v) is 5.46. The molecule has 2 unspecified atom stereocenters. The number of Topliss-reactive ketones (excluding diaryl/α,β-unsaturated/α-hetero) is 2. The number of halogens is 3. The molecule has 292 valence electrons. The number of carboxylic acid groups (broad SMARTS) is 1. The van der Waals surface area contributed by atoms with E-state index in [9.17, 15) is 47.4 Å². The number of amides is 3. The number of nitrogens with two attached hydrogens (primary N) is 1. The number of alkyl halides is 3. The zero-order chi connectivity index (χ0) is 40.6. The van der Waals surface area contributed by atoms with Gasteiger partial charge in [-0.3, -0.25) is 24.0 Å². The Kier molecular flexibility index (Phi) is 17.4. The Labute approximate surface area is 310 Å². The molecule has 0 aliphatic carbocycles. The highest BCUT2D eigenvalue weighted by atomic mass is 19.4. The number of H-pyrrole nitrogens is 1. The van der Waals surface area contributed by atoms with E-state index >= 15 is 0 Å². The second kappa shape index (κ2) is 21.2. The number of aliphatic hydroxyl groups excluding tert-OH is 1. The van der Waals surface area contributed by atoms with Gasteiger partial charge < -0.3 is 36.5 Å². The number of primary amides is 1. The summed E-state index contributed by atoms with van der Waals surface area (Å²) in [5.41, 5.74) is 7.81. The van der Waals surface area contributed by atoms with E-state index in [2.05, 4.69) is 15.6 Å². The Hall–Kier alpha value is -5.64. The number of carbonyl (C=O) groups excluding carboxylic acids is 6. The normalized spacial score (nSPS) is 13.9. The number of nitrogens with one attached hydrogen (secondary N) is 3. The minimum Gasteiger partial charge on any atom is -0.554 e. The van der Waals surface area contributed by atoms with Crippen molar-refractivity contribution in [3.63, 3.8) is 0 Å². The van der Waals surface area contributed by atoms with Crippen LogP contribution in [0.15, 0.2) is 73.1 Å². The van der Waals surface area contributed by atoms with Crippen LogP contribution < -0.4 is 26.5 Å². The molecule has 3 rings (SSSR count). The number of hydrogen-bond donors (Lipinski definition) is 5. The van der Waals surface area contributed by atoms with Crippen LogP contribution >= 0.6 is 0 Å². The number of carbonyl (C=O) groups is 6. The SMILES string of the molecule is CC(C)[C@H](CC(=O)c1ccc(-c2ccc[nH+]c2)cc1)C(=O)N[C@@H](Cc1ccc(O)cc1)C(=O)C[C@@H](C)C(=O)NC(CCC(N)=O)C(O)C(F)(F)F.O=C[O-]. The molecule has 0 fully saturated rings. The fraction of sp³-hybridized carbons (Fsp3) is 0.395. The van der Waals surface area contributed by atoms with Crippen molar-refractivity contribution >= 4 is 35.8 Å². The molecule has 3 amide bonds. The smallest absolute Gasteiger partial charge is 0.416 e. The lowest BCUT2D eigenvalue weighted by atomic mass is 9.87. The average molecular weight is 759 g/mol. The Balaban J connectivity index is 0.00000325. The molecule has 1 heterocycles. The summed E-state index contributed by atoms with van der Waals surface area (Å²) in [6.45, 7) is 4.33. The number of aromatic amines is 1. The zero-order valence-electron chi connectivity index (χ0n) is 30.0. The summed E-state index contributed by atoms with van der Waals surface area (Å²) >= 11 is 0. The predicted octanol–water partition coefficient (Wildman–Crippen LogP) is 2.08. The van der Waals surface area contributed by atoms with E-state index in [0.29, 0.717) is 11.1 Å². The van der Waals surface area contributed by atoms with E-state index in [1.807, 2.05) is 18.3 Å². The Morgan fingerprint density at radius 3 is 2.04 bits per heavy atom. The molecule has 0 saturated carbocycles. The van der Waals surface area contributed by atoms with Crippen LogP contribution in [-0.4, -0.2) is 70.3 Å². The second-order valence-corrected chi connectivity index (χ2v) is 13.1. The van der Waals surface area contributed by atoms with Gasteiger partial charge in [0.15, 0.2) is 30.1 Å². The van der Waals surface area contributed by atoms with Gasteiger partial charge in [0.05, 0.1) is 12.1 Å². The van der Waals surface area contributed by atoms with Crippen molar-refractivity contribution in [2.45, 2.75) is 77.2 Å². The first-order valence-corrected chi connectivity index (χ1v) is 17.0. The van der Waals surface area contributed by atoms with Crippen molar-refractivity contribution in [1.82, 2.24) is 10.6 Å². The molecule has 3 aromatic rings. The molecular formula is C38H45F3N4O9. The highest BCUT2D eigenvalue weighted by molar-refractivity contribution is 6.00. The molecular weight excluding hydrogens is 713 g/mol. The summed E-state index contributed by atoms with van der Waals surface area (Å²) in [4.78, 5) is 76.1. The molecule has 54 heavy (non-hydrogen) atoms. The molecule has 0 bridgehead atoms. The van der Waals surface area contributed by atoms with Gasteiger partial charge in [0.25, 0.3) is 0 Å². The number of aromatic nitrogens is 1. The highest BCUT2D eigenvalue weighted by Crippen LogP contribution is 2.26. The van der Waals surface area contributed by atoms with Crippen LogP contribution in [-0.2, 0) is 30.4 Å². The van der Waals surface area contributed by atoms with Crippen LogP contribution in [0.3, 0.4) is 0 Å². The minimum atomic E-state index is -5.10. The maximum atomic E-state index is 13.7. The predicted molar refractivity (Wildman–Crippen MR) is 187 cm³/mol. The summed E-state index contributed by atoms with van der Waals surface area (Å²) in [5.74, 6) is -5.79. The van der Waals surface area contributed by atoms with Crippen molar-refractivity contribution in [1.29, 1.82) is 0 Å². The largest absolute Gasteiger partial charge is 0.554 e. The van der Waals surface area contributed by atoms with Crippen molar-refractivity contribution in [2.75, 3.05) is 0 Å². The van der Waals surface area contributed by atoms with E-state index in [0.717, 1.165) is 11.1 Å². The topological polar surface area (TPSA) is 230 Å².